The van der Waals surface area contributed by atoms with E-state index in [1.807, 2.05) is 0 Å². The van der Waals surface area contributed by atoms with Crippen LogP contribution in [0.15, 0.2) is 36.4 Å². The van der Waals surface area contributed by atoms with Crippen LogP contribution in [0, 0.1) is 19.7 Å². The molecule has 34 heavy (non-hydrogen) atoms. The molecule has 2 aromatic carbocycles. The van der Waals surface area contributed by atoms with Crippen molar-refractivity contribution in [3.8, 4) is 5.75 Å². The number of amides is 2. The molecule has 11 heteroatoms. The van der Waals surface area contributed by atoms with E-state index in [1.165, 1.54) is 24.5 Å². The summed E-state index contributed by atoms with van der Waals surface area (Å²) in [5.41, 5.74) is -0.482. The molecule has 2 N–H and O–H groups in total. The van der Waals surface area contributed by atoms with E-state index in [2.05, 4.69) is 22.2 Å². The highest BCUT2D eigenvalue weighted by Gasteiger charge is 2.31. The van der Waals surface area contributed by atoms with Gasteiger partial charge < -0.3 is 15.4 Å². The van der Waals surface area contributed by atoms with E-state index in [1.54, 1.807) is 26.0 Å². The van der Waals surface area contributed by atoms with E-state index in [4.69, 9.17) is 4.74 Å². The van der Waals surface area contributed by atoms with Crippen LogP contribution in [0.5, 0.6) is 5.75 Å². The summed E-state index contributed by atoms with van der Waals surface area (Å²) in [4.78, 5) is 30.2. The molecule has 0 saturated carbocycles. The van der Waals surface area contributed by atoms with Gasteiger partial charge in [0.05, 0.1) is 33.6 Å². The molecule has 0 spiro atoms. The minimum atomic E-state index is -4.59. The van der Waals surface area contributed by atoms with Crippen molar-refractivity contribution in [3.05, 3.63) is 63.9 Å². The number of aromatic nitrogens is 1. The Morgan fingerprint density at radius 3 is 2.50 bits per heavy atom. The SMILES string of the molecule is C=C(CCNC(=O)c1c(F)cc(C)cc1NC(=O)c1c(OC)ccc2nc(C)sc12)C(F)(F)F. The number of benzene rings is 2. The summed E-state index contributed by atoms with van der Waals surface area (Å²) in [6.45, 7) is 5.88. The number of anilines is 1. The fourth-order valence-corrected chi connectivity index (χ4v) is 4.24. The maximum atomic E-state index is 14.7. The molecule has 0 fully saturated rings. The van der Waals surface area contributed by atoms with Gasteiger partial charge in [0.25, 0.3) is 11.8 Å². The molecule has 180 valence electrons. The van der Waals surface area contributed by atoms with Gasteiger partial charge in [-0.15, -0.1) is 11.3 Å². The van der Waals surface area contributed by atoms with Gasteiger partial charge >= 0.3 is 6.18 Å². The number of ether oxygens (including phenoxy) is 1. The fourth-order valence-electron chi connectivity index (χ4n) is 3.28. The fraction of sp³-hybridized carbons (Fsp3) is 0.261. The van der Waals surface area contributed by atoms with Crippen LogP contribution in [0.1, 0.15) is 37.7 Å². The monoisotopic (exact) mass is 495 g/mol. The first-order valence-corrected chi connectivity index (χ1v) is 10.8. The number of thiazole rings is 1. The van der Waals surface area contributed by atoms with Crippen LogP contribution in [0.2, 0.25) is 0 Å². The predicted octanol–water partition coefficient (Wildman–Crippen LogP) is 5.55. The number of halogens is 4. The number of hydrogen-bond acceptors (Lipinski definition) is 5. The summed E-state index contributed by atoms with van der Waals surface area (Å²) < 4.78 is 58.5. The van der Waals surface area contributed by atoms with E-state index in [0.29, 0.717) is 15.8 Å². The topological polar surface area (TPSA) is 80.3 Å². The number of rotatable bonds is 7. The summed E-state index contributed by atoms with van der Waals surface area (Å²) in [5.74, 6) is -2.29. The van der Waals surface area contributed by atoms with Crippen molar-refractivity contribution in [1.82, 2.24) is 10.3 Å². The van der Waals surface area contributed by atoms with Crippen LogP contribution in [-0.4, -0.2) is 36.6 Å². The quantitative estimate of drug-likeness (QED) is 0.333. The van der Waals surface area contributed by atoms with E-state index >= 15 is 0 Å². The number of fused-ring (bicyclic) bond motifs is 1. The van der Waals surface area contributed by atoms with Gasteiger partial charge in [-0.1, -0.05) is 6.58 Å². The van der Waals surface area contributed by atoms with Crippen molar-refractivity contribution in [2.45, 2.75) is 26.4 Å². The van der Waals surface area contributed by atoms with Crippen LogP contribution < -0.4 is 15.4 Å². The summed E-state index contributed by atoms with van der Waals surface area (Å²) >= 11 is 1.27. The molecule has 2 amide bonds. The molecule has 6 nitrogen and oxygen atoms in total. The first-order valence-electron chi connectivity index (χ1n) is 10.0. The Balaban J connectivity index is 1.91. The average Bonchev–Trinajstić information content (AvgIpc) is 3.11. The summed E-state index contributed by atoms with van der Waals surface area (Å²) in [5, 5.41) is 5.52. The molecule has 0 aliphatic carbocycles. The van der Waals surface area contributed by atoms with Crippen LogP contribution in [0.4, 0.5) is 23.2 Å². The summed E-state index contributed by atoms with van der Waals surface area (Å²) in [7, 11) is 1.39. The van der Waals surface area contributed by atoms with Gasteiger partial charge in [0.15, 0.2) is 0 Å². The molecular weight excluding hydrogens is 474 g/mol. The highest BCUT2D eigenvalue weighted by molar-refractivity contribution is 7.19. The minimum Gasteiger partial charge on any atom is -0.496 e. The zero-order valence-corrected chi connectivity index (χ0v) is 19.3. The molecule has 1 heterocycles. The van der Waals surface area contributed by atoms with Crippen LogP contribution in [0.25, 0.3) is 10.2 Å². The normalized spacial score (nSPS) is 11.4. The van der Waals surface area contributed by atoms with Crippen molar-refractivity contribution in [1.29, 1.82) is 0 Å². The van der Waals surface area contributed by atoms with E-state index in [9.17, 15) is 27.2 Å². The Morgan fingerprint density at radius 2 is 1.85 bits per heavy atom. The first kappa shape index (κ1) is 25.2. The lowest BCUT2D eigenvalue weighted by molar-refractivity contribution is -0.0934. The van der Waals surface area contributed by atoms with Gasteiger partial charge in [-0.2, -0.15) is 13.2 Å². The Kier molecular flexibility index (Phi) is 7.25. The molecule has 0 bridgehead atoms. The second-order valence-electron chi connectivity index (χ2n) is 7.45. The Labute approximate surface area is 196 Å². The number of carbonyl (C=O) groups excluding carboxylic acids is 2. The first-order chi connectivity index (χ1) is 15.9. The van der Waals surface area contributed by atoms with Crippen LogP contribution in [0.3, 0.4) is 0 Å². The molecule has 0 unspecified atom stereocenters. The number of nitrogens with zero attached hydrogens (tertiary/aromatic N) is 1. The van der Waals surface area contributed by atoms with Gasteiger partial charge in [-0.05, 0) is 50.1 Å². The highest BCUT2D eigenvalue weighted by Crippen LogP contribution is 2.33. The van der Waals surface area contributed by atoms with Crippen molar-refractivity contribution < 1.29 is 31.9 Å². The minimum absolute atomic E-state index is 0.130. The van der Waals surface area contributed by atoms with Crippen LogP contribution in [-0.2, 0) is 0 Å². The zero-order chi connectivity index (χ0) is 25.2. The maximum Gasteiger partial charge on any atom is 0.412 e. The zero-order valence-electron chi connectivity index (χ0n) is 18.5. The van der Waals surface area contributed by atoms with Gasteiger partial charge in [0, 0.05) is 12.1 Å². The van der Waals surface area contributed by atoms with Crippen molar-refractivity contribution >= 4 is 39.1 Å². The molecule has 0 aliphatic heterocycles. The Hall–Kier alpha value is -3.47. The van der Waals surface area contributed by atoms with Gasteiger partial charge in [-0.3, -0.25) is 9.59 Å². The summed E-state index contributed by atoms with van der Waals surface area (Å²) in [6.07, 6.45) is -5.15. The second kappa shape index (κ2) is 9.80. The third kappa shape index (κ3) is 5.36. The number of alkyl halides is 3. The third-order valence-electron chi connectivity index (χ3n) is 4.90. The van der Waals surface area contributed by atoms with Crippen molar-refractivity contribution in [2.24, 2.45) is 0 Å². The van der Waals surface area contributed by atoms with E-state index in [-0.39, 0.29) is 17.0 Å². The predicted molar refractivity (Wildman–Crippen MR) is 122 cm³/mol. The lowest BCUT2D eigenvalue weighted by Crippen LogP contribution is -2.28. The molecule has 3 aromatic rings. The summed E-state index contributed by atoms with van der Waals surface area (Å²) in [6, 6.07) is 5.77. The van der Waals surface area contributed by atoms with Crippen molar-refractivity contribution in [3.63, 3.8) is 0 Å². The van der Waals surface area contributed by atoms with Gasteiger partial charge in [-0.25, -0.2) is 9.37 Å². The average molecular weight is 495 g/mol. The Bertz CT molecular complexity index is 1280. The van der Waals surface area contributed by atoms with Gasteiger partial charge in [0.1, 0.15) is 17.1 Å². The molecule has 1 aromatic heterocycles. The second-order valence-corrected chi connectivity index (χ2v) is 8.66. The standard InChI is InChI=1S/C23H21F4N3O3S/c1-11-9-14(24)18(21(31)28-8-7-12(2)23(25,26)27)16(10-11)30-22(32)19-17(33-4)6-5-15-20(19)34-13(3)29-15/h5-6,9-10H,2,7-8H2,1,3-4H3,(H,28,31)(H,30,32). The smallest absolute Gasteiger partial charge is 0.412 e. The van der Waals surface area contributed by atoms with E-state index < -0.39 is 47.9 Å². The molecule has 0 aliphatic rings. The number of carbonyl (C=O) groups is 2. The number of methoxy groups -OCH3 is 1. The lowest BCUT2D eigenvalue weighted by atomic mass is 10.1. The lowest BCUT2D eigenvalue weighted by Gasteiger charge is -2.15. The maximum absolute atomic E-state index is 14.7. The van der Waals surface area contributed by atoms with Gasteiger partial charge in [0.2, 0.25) is 0 Å². The molecule has 0 saturated heterocycles. The van der Waals surface area contributed by atoms with Crippen LogP contribution >= 0.6 is 11.3 Å². The number of nitrogens with one attached hydrogen (secondary N) is 2. The molecule has 0 radical (unpaired) electrons. The number of aryl methyl sites for hydroxylation is 2. The highest BCUT2D eigenvalue weighted by atomic mass is 32.1. The Morgan fingerprint density at radius 1 is 1.15 bits per heavy atom. The molecule has 3 rings (SSSR count). The third-order valence-corrected chi connectivity index (χ3v) is 5.90. The molecule has 0 atom stereocenters. The largest absolute Gasteiger partial charge is 0.496 e. The van der Waals surface area contributed by atoms with E-state index in [0.717, 1.165) is 11.1 Å². The molecular formula is C23H21F4N3O3S. The van der Waals surface area contributed by atoms with Crippen molar-refractivity contribution in [2.75, 3.05) is 19.0 Å². The number of hydrogen-bond donors (Lipinski definition) is 2.